The molecule has 0 bridgehead atoms. The van der Waals surface area contributed by atoms with Crippen molar-refractivity contribution in [2.75, 3.05) is 19.4 Å². The van der Waals surface area contributed by atoms with E-state index < -0.39 is 21.4 Å². The maximum atomic E-state index is 14.1. The average molecular weight is 452 g/mol. The summed E-state index contributed by atoms with van der Waals surface area (Å²) in [6.07, 6.45) is 1.18. The van der Waals surface area contributed by atoms with Crippen molar-refractivity contribution < 1.29 is 22.3 Å². The van der Waals surface area contributed by atoms with Gasteiger partial charge in [0.25, 0.3) is 0 Å². The Balaban J connectivity index is 1.86. The molecule has 0 radical (unpaired) electrons. The number of Topliss-reactive ketones (excluding diaryl/α,β-unsaturated/α-hetero) is 1. The number of aromatic nitrogens is 2. The van der Waals surface area contributed by atoms with Crippen LogP contribution in [0.2, 0.25) is 0 Å². The van der Waals surface area contributed by atoms with Gasteiger partial charge < -0.3 is 10.1 Å². The molecule has 1 aliphatic heterocycles. The topological polar surface area (TPSA) is 90.3 Å². The van der Waals surface area contributed by atoms with Crippen LogP contribution in [0.25, 0.3) is 0 Å². The van der Waals surface area contributed by atoms with Crippen LogP contribution in [-0.4, -0.2) is 49.4 Å². The van der Waals surface area contributed by atoms with Gasteiger partial charge in [-0.3, -0.25) is 4.79 Å². The number of ketones is 1. The second-order valence-corrected chi connectivity index (χ2v) is 10.6. The summed E-state index contributed by atoms with van der Waals surface area (Å²) in [7, 11) is -2.13. The first-order chi connectivity index (χ1) is 14.5. The van der Waals surface area contributed by atoms with E-state index in [2.05, 4.69) is 10.4 Å². The summed E-state index contributed by atoms with van der Waals surface area (Å²) in [6.45, 7) is 8.53. The Labute approximate surface area is 182 Å². The SMILES string of the molecule is CNC1COc2c(S(=O)(=O)CC(=O)Cc3c(C(C)C)cc(F)cc3C(C)C)cnn2C1. The number of ether oxygens (including phenoxy) is 1. The van der Waals surface area contributed by atoms with Crippen LogP contribution in [-0.2, 0) is 27.6 Å². The number of fused-ring (bicyclic) bond motifs is 1. The lowest BCUT2D eigenvalue weighted by Crippen LogP contribution is -2.40. The number of halogens is 1. The third kappa shape index (κ3) is 4.98. The molecule has 0 saturated carbocycles. The highest BCUT2D eigenvalue weighted by Crippen LogP contribution is 2.31. The van der Waals surface area contributed by atoms with Gasteiger partial charge in [0.05, 0.1) is 18.8 Å². The minimum Gasteiger partial charge on any atom is -0.475 e. The zero-order valence-electron chi connectivity index (χ0n) is 18.6. The third-order valence-corrected chi connectivity index (χ3v) is 7.22. The molecule has 1 aromatic carbocycles. The molecule has 31 heavy (non-hydrogen) atoms. The van der Waals surface area contributed by atoms with Gasteiger partial charge in [0.15, 0.2) is 15.6 Å². The molecule has 0 fully saturated rings. The van der Waals surface area contributed by atoms with Crippen molar-refractivity contribution in [3.63, 3.8) is 0 Å². The van der Waals surface area contributed by atoms with Gasteiger partial charge in [-0.1, -0.05) is 27.7 Å². The highest BCUT2D eigenvalue weighted by atomic mass is 32.2. The maximum absolute atomic E-state index is 14.1. The molecular formula is C22H30FN3O4S. The first kappa shape index (κ1) is 23.4. The molecule has 1 atom stereocenters. The van der Waals surface area contributed by atoms with Gasteiger partial charge in [-0.2, -0.15) is 5.10 Å². The molecule has 3 rings (SSSR count). The molecule has 0 amide bonds. The molecule has 0 spiro atoms. The fraction of sp³-hybridized carbons (Fsp3) is 0.545. The first-order valence-corrected chi connectivity index (χ1v) is 12.1. The van der Waals surface area contributed by atoms with Crippen molar-refractivity contribution in [1.29, 1.82) is 0 Å². The largest absolute Gasteiger partial charge is 0.475 e. The Kier molecular flexibility index (Phi) is 6.85. The highest BCUT2D eigenvalue weighted by Gasteiger charge is 2.31. The quantitative estimate of drug-likeness (QED) is 0.664. The van der Waals surface area contributed by atoms with Crippen molar-refractivity contribution in [2.24, 2.45) is 0 Å². The molecule has 1 aliphatic rings. The number of rotatable bonds is 8. The Morgan fingerprint density at radius 2 is 1.87 bits per heavy atom. The van der Waals surface area contributed by atoms with E-state index >= 15 is 0 Å². The second-order valence-electron chi connectivity index (χ2n) is 8.64. The number of carbonyl (C=O) groups is 1. The van der Waals surface area contributed by atoms with Gasteiger partial charge in [0, 0.05) is 6.42 Å². The number of nitrogens with zero attached hydrogens (tertiary/aromatic N) is 2. The van der Waals surface area contributed by atoms with E-state index in [9.17, 15) is 17.6 Å². The number of hydrogen-bond donors (Lipinski definition) is 1. The smallest absolute Gasteiger partial charge is 0.231 e. The Hall–Kier alpha value is -2.26. The number of carbonyl (C=O) groups excluding carboxylic acids is 1. The summed E-state index contributed by atoms with van der Waals surface area (Å²) in [5.74, 6) is -1.27. The number of nitrogens with one attached hydrogen (secondary N) is 1. The standard InChI is InChI=1S/C22H30FN3O4S/c1-13(2)18-6-15(23)7-19(14(3)4)20(18)8-17(27)12-31(28,29)21-9-25-26-10-16(24-5)11-30-22(21)26/h6-7,9,13-14,16,24H,8,10-12H2,1-5H3. The predicted octanol–water partition coefficient (Wildman–Crippen LogP) is 2.83. The molecule has 1 unspecified atom stereocenters. The van der Waals surface area contributed by atoms with Gasteiger partial charge in [0.2, 0.25) is 5.88 Å². The number of likely N-dealkylation sites (N-methyl/N-ethyl adjacent to an activating group) is 1. The predicted molar refractivity (Wildman–Crippen MR) is 116 cm³/mol. The minimum atomic E-state index is -3.93. The maximum Gasteiger partial charge on any atom is 0.231 e. The van der Waals surface area contributed by atoms with Crippen molar-refractivity contribution >= 4 is 15.6 Å². The Morgan fingerprint density at radius 3 is 2.42 bits per heavy atom. The van der Waals surface area contributed by atoms with Gasteiger partial charge in [0.1, 0.15) is 23.1 Å². The molecule has 170 valence electrons. The van der Waals surface area contributed by atoms with Crippen LogP contribution in [0.15, 0.2) is 23.2 Å². The molecule has 9 heteroatoms. The van der Waals surface area contributed by atoms with Gasteiger partial charge in [-0.05, 0) is 47.7 Å². The van der Waals surface area contributed by atoms with Crippen LogP contribution < -0.4 is 10.1 Å². The third-order valence-electron chi connectivity index (χ3n) is 5.57. The van der Waals surface area contributed by atoms with E-state index in [0.29, 0.717) is 13.2 Å². The number of hydrogen-bond acceptors (Lipinski definition) is 6. The van der Waals surface area contributed by atoms with Gasteiger partial charge in [-0.15, -0.1) is 0 Å². The van der Waals surface area contributed by atoms with Gasteiger partial charge >= 0.3 is 0 Å². The van der Waals surface area contributed by atoms with Crippen molar-refractivity contribution in [2.45, 2.75) is 63.4 Å². The number of benzene rings is 1. The summed E-state index contributed by atoms with van der Waals surface area (Å²) in [5, 5.41) is 7.19. The van der Waals surface area contributed by atoms with E-state index in [1.165, 1.54) is 23.0 Å². The molecule has 0 aliphatic carbocycles. The number of sulfone groups is 1. The van der Waals surface area contributed by atoms with Crippen molar-refractivity contribution in [3.05, 3.63) is 40.8 Å². The molecular weight excluding hydrogens is 421 g/mol. The van der Waals surface area contributed by atoms with Crippen LogP contribution >= 0.6 is 0 Å². The van der Waals surface area contributed by atoms with Crippen LogP contribution in [0.1, 0.15) is 56.2 Å². The zero-order chi connectivity index (χ0) is 22.9. The Bertz CT molecular complexity index is 1050. The summed E-state index contributed by atoms with van der Waals surface area (Å²) < 4.78 is 47.2. The van der Waals surface area contributed by atoms with Crippen molar-refractivity contribution in [1.82, 2.24) is 15.1 Å². The van der Waals surface area contributed by atoms with E-state index in [1.807, 2.05) is 27.7 Å². The van der Waals surface area contributed by atoms with E-state index in [-0.39, 0.29) is 40.9 Å². The fourth-order valence-electron chi connectivity index (χ4n) is 3.91. The molecule has 0 saturated heterocycles. The van der Waals surface area contributed by atoms with Crippen molar-refractivity contribution in [3.8, 4) is 5.88 Å². The summed E-state index contributed by atoms with van der Waals surface area (Å²) in [4.78, 5) is 12.8. The van der Waals surface area contributed by atoms with Crippen LogP contribution in [0.4, 0.5) is 4.39 Å². The monoisotopic (exact) mass is 451 g/mol. The Morgan fingerprint density at radius 1 is 1.26 bits per heavy atom. The molecule has 1 N–H and O–H groups in total. The van der Waals surface area contributed by atoms with Crippen LogP contribution in [0, 0.1) is 5.82 Å². The second kappa shape index (κ2) is 9.08. The first-order valence-electron chi connectivity index (χ1n) is 10.5. The minimum absolute atomic E-state index is 0.00354. The summed E-state index contributed by atoms with van der Waals surface area (Å²) in [5.41, 5.74) is 2.19. The normalized spacial score (nSPS) is 16.5. The van der Waals surface area contributed by atoms with E-state index in [4.69, 9.17) is 4.74 Å². The zero-order valence-corrected chi connectivity index (χ0v) is 19.4. The van der Waals surface area contributed by atoms with Crippen LogP contribution in [0.5, 0.6) is 5.88 Å². The molecule has 7 nitrogen and oxygen atoms in total. The molecule has 1 aromatic heterocycles. The highest BCUT2D eigenvalue weighted by molar-refractivity contribution is 7.92. The lowest BCUT2D eigenvalue weighted by molar-refractivity contribution is -0.116. The average Bonchev–Trinajstić information content (AvgIpc) is 3.12. The van der Waals surface area contributed by atoms with Gasteiger partial charge in [-0.25, -0.2) is 17.5 Å². The summed E-state index contributed by atoms with van der Waals surface area (Å²) in [6, 6.07) is 2.91. The van der Waals surface area contributed by atoms with E-state index in [1.54, 1.807) is 7.05 Å². The lowest BCUT2D eigenvalue weighted by Gasteiger charge is -2.24. The lowest BCUT2D eigenvalue weighted by atomic mass is 9.86. The van der Waals surface area contributed by atoms with E-state index in [0.717, 1.165) is 16.7 Å². The molecule has 2 aromatic rings. The fourth-order valence-corrected chi connectivity index (χ4v) is 5.23. The summed E-state index contributed by atoms with van der Waals surface area (Å²) >= 11 is 0. The van der Waals surface area contributed by atoms with Crippen LogP contribution in [0.3, 0.4) is 0 Å². The molecule has 2 heterocycles.